The third-order valence-corrected chi connectivity index (χ3v) is 4.96. The molecule has 0 bridgehead atoms. The normalized spacial score (nSPS) is 12.1. The number of aliphatic carboxylic acids is 5. The minimum atomic E-state index is -1.33. The second kappa shape index (κ2) is 16.1. The van der Waals surface area contributed by atoms with Crippen LogP contribution in [0, 0.1) is 0 Å². The molecule has 0 unspecified atom stereocenters. The SMILES string of the molecule is O=C(O)CN(CCN(CC(=O)O)CC(=O)O)CCN(CC(=O)O)[C@@H](COCc1ccccc1)C(=O)O. The molecule has 1 aromatic rings. The van der Waals surface area contributed by atoms with Crippen molar-refractivity contribution < 1.29 is 54.2 Å². The first-order valence-electron chi connectivity index (χ1n) is 10.9. The molecule has 0 saturated carbocycles. The molecule has 0 heterocycles. The van der Waals surface area contributed by atoms with Crippen LogP contribution >= 0.6 is 0 Å². The maximum Gasteiger partial charge on any atom is 0.323 e. The van der Waals surface area contributed by atoms with Crippen molar-refractivity contribution in [3.05, 3.63) is 35.9 Å². The monoisotopic (exact) mass is 513 g/mol. The molecule has 0 spiro atoms. The fourth-order valence-electron chi connectivity index (χ4n) is 3.32. The van der Waals surface area contributed by atoms with Crippen molar-refractivity contribution in [3.8, 4) is 0 Å². The fourth-order valence-corrected chi connectivity index (χ4v) is 3.32. The summed E-state index contributed by atoms with van der Waals surface area (Å²) in [6, 6.07) is 7.62. The molecule has 200 valence electrons. The van der Waals surface area contributed by atoms with Crippen molar-refractivity contribution in [1.29, 1.82) is 0 Å². The summed E-state index contributed by atoms with van der Waals surface area (Å²) < 4.78 is 5.49. The van der Waals surface area contributed by atoms with Gasteiger partial charge in [0.2, 0.25) is 0 Å². The number of benzene rings is 1. The van der Waals surface area contributed by atoms with Gasteiger partial charge in [0.05, 0.1) is 39.4 Å². The van der Waals surface area contributed by atoms with Crippen molar-refractivity contribution in [2.75, 3.05) is 59.0 Å². The maximum absolute atomic E-state index is 11.9. The molecule has 0 radical (unpaired) electrons. The number of hydrogen-bond donors (Lipinski definition) is 5. The van der Waals surface area contributed by atoms with Crippen molar-refractivity contribution in [2.24, 2.45) is 0 Å². The summed E-state index contributed by atoms with van der Waals surface area (Å²) in [7, 11) is 0. The molecule has 14 nitrogen and oxygen atoms in total. The van der Waals surface area contributed by atoms with Gasteiger partial charge in [-0.1, -0.05) is 30.3 Å². The standard InChI is InChI=1S/C22H31N3O11/c26-18(27)10-23(6-7-24(11-19(28)29)12-20(30)31)8-9-25(13-21(32)33)17(22(34)35)15-36-14-16-4-2-1-3-5-16/h1-5,17H,6-15H2,(H,26,27)(H,28,29)(H,30,31)(H,32,33)(H,34,35)/t17-/m0/s1. The van der Waals surface area contributed by atoms with Crippen LogP contribution in [0.1, 0.15) is 5.56 Å². The molecule has 0 aliphatic carbocycles. The predicted octanol–water partition coefficient (Wildman–Crippen LogP) is -1.10. The Morgan fingerprint density at radius 1 is 0.667 bits per heavy atom. The molecule has 0 amide bonds. The van der Waals surface area contributed by atoms with Gasteiger partial charge in [-0.15, -0.1) is 0 Å². The first-order valence-corrected chi connectivity index (χ1v) is 10.9. The van der Waals surface area contributed by atoms with E-state index in [0.717, 1.165) is 15.4 Å². The van der Waals surface area contributed by atoms with E-state index in [1.54, 1.807) is 24.3 Å². The van der Waals surface area contributed by atoms with Gasteiger partial charge in [-0.3, -0.25) is 38.7 Å². The van der Waals surface area contributed by atoms with Crippen LogP contribution in [0.25, 0.3) is 0 Å². The lowest BCUT2D eigenvalue weighted by Crippen LogP contribution is -2.50. The van der Waals surface area contributed by atoms with Gasteiger partial charge in [-0.25, -0.2) is 0 Å². The van der Waals surface area contributed by atoms with Crippen LogP contribution in [-0.2, 0) is 35.3 Å². The summed E-state index contributed by atoms with van der Waals surface area (Å²) in [5, 5.41) is 46.1. The molecule has 0 aliphatic rings. The summed E-state index contributed by atoms with van der Waals surface area (Å²) >= 11 is 0. The van der Waals surface area contributed by atoms with Gasteiger partial charge in [-0.05, 0) is 5.56 Å². The van der Waals surface area contributed by atoms with E-state index in [2.05, 4.69) is 0 Å². The fraction of sp³-hybridized carbons (Fsp3) is 0.500. The Kier molecular flexibility index (Phi) is 13.7. The van der Waals surface area contributed by atoms with Crippen LogP contribution in [0.4, 0.5) is 0 Å². The predicted molar refractivity (Wildman–Crippen MR) is 123 cm³/mol. The number of nitrogens with zero attached hydrogens (tertiary/aromatic N) is 3. The van der Waals surface area contributed by atoms with E-state index >= 15 is 0 Å². The van der Waals surface area contributed by atoms with Crippen molar-refractivity contribution in [2.45, 2.75) is 12.6 Å². The Hall–Kier alpha value is -3.59. The molecule has 1 rings (SSSR count). The summed E-state index contributed by atoms with van der Waals surface area (Å²) in [6.45, 7) is -2.85. The summed E-state index contributed by atoms with van der Waals surface area (Å²) in [6.07, 6.45) is 0. The molecule has 0 fully saturated rings. The summed E-state index contributed by atoms with van der Waals surface area (Å²) in [5.41, 5.74) is 0.798. The van der Waals surface area contributed by atoms with E-state index < -0.39 is 62.1 Å². The Morgan fingerprint density at radius 2 is 1.14 bits per heavy atom. The number of ether oxygens (including phenoxy) is 1. The first-order chi connectivity index (χ1) is 17.0. The quantitative estimate of drug-likeness (QED) is 0.140. The highest BCUT2D eigenvalue weighted by atomic mass is 16.5. The number of carbonyl (C=O) groups is 5. The van der Waals surface area contributed by atoms with E-state index in [1.807, 2.05) is 6.07 Å². The average molecular weight is 514 g/mol. The minimum Gasteiger partial charge on any atom is -0.480 e. The zero-order valence-corrected chi connectivity index (χ0v) is 19.6. The zero-order valence-electron chi connectivity index (χ0n) is 19.6. The summed E-state index contributed by atoms with van der Waals surface area (Å²) in [5.74, 6) is -6.34. The van der Waals surface area contributed by atoms with Crippen LogP contribution < -0.4 is 0 Å². The Labute approximate surface area is 206 Å². The molecule has 1 aromatic carbocycles. The molecular weight excluding hydrogens is 482 g/mol. The third kappa shape index (κ3) is 13.3. The summed E-state index contributed by atoms with van der Waals surface area (Å²) in [4.78, 5) is 60.1. The van der Waals surface area contributed by atoms with E-state index in [1.165, 1.54) is 4.90 Å². The molecule has 36 heavy (non-hydrogen) atoms. The highest BCUT2D eigenvalue weighted by Crippen LogP contribution is 2.07. The van der Waals surface area contributed by atoms with Crippen LogP contribution in [0.3, 0.4) is 0 Å². The van der Waals surface area contributed by atoms with Crippen LogP contribution in [0.15, 0.2) is 30.3 Å². The van der Waals surface area contributed by atoms with Crippen molar-refractivity contribution in [1.82, 2.24) is 14.7 Å². The van der Waals surface area contributed by atoms with E-state index in [-0.39, 0.29) is 39.4 Å². The zero-order chi connectivity index (χ0) is 27.1. The first kappa shape index (κ1) is 30.4. The lowest BCUT2D eigenvalue weighted by molar-refractivity contribution is -0.149. The van der Waals surface area contributed by atoms with E-state index in [0.29, 0.717) is 0 Å². The van der Waals surface area contributed by atoms with Crippen LogP contribution in [-0.4, -0.2) is 135 Å². The smallest absolute Gasteiger partial charge is 0.323 e. The average Bonchev–Trinajstić information content (AvgIpc) is 2.76. The topological polar surface area (TPSA) is 205 Å². The minimum absolute atomic E-state index is 0.0456. The number of carboxylic acids is 5. The Bertz CT molecular complexity index is 865. The molecule has 14 heteroatoms. The van der Waals surface area contributed by atoms with Gasteiger partial charge in [-0.2, -0.15) is 0 Å². The van der Waals surface area contributed by atoms with Crippen molar-refractivity contribution in [3.63, 3.8) is 0 Å². The molecule has 0 saturated heterocycles. The molecule has 0 aromatic heterocycles. The molecule has 1 atom stereocenters. The second-order valence-electron chi connectivity index (χ2n) is 7.89. The molecular formula is C22H31N3O11. The van der Waals surface area contributed by atoms with Crippen molar-refractivity contribution >= 4 is 29.8 Å². The largest absolute Gasteiger partial charge is 0.480 e. The lowest BCUT2D eigenvalue weighted by Gasteiger charge is -2.30. The third-order valence-electron chi connectivity index (χ3n) is 4.96. The van der Waals surface area contributed by atoms with Gasteiger partial charge < -0.3 is 30.3 Å². The Morgan fingerprint density at radius 3 is 1.64 bits per heavy atom. The number of hydrogen-bond acceptors (Lipinski definition) is 9. The number of rotatable bonds is 20. The number of carboxylic acid groups (broad SMARTS) is 5. The van der Waals surface area contributed by atoms with Gasteiger partial charge in [0.25, 0.3) is 0 Å². The highest BCUT2D eigenvalue weighted by Gasteiger charge is 2.28. The van der Waals surface area contributed by atoms with Gasteiger partial charge in [0, 0.05) is 26.2 Å². The molecule has 5 N–H and O–H groups in total. The van der Waals surface area contributed by atoms with Gasteiger partial charge >= 0.3 is 29.8 Å². The lowest BCUT2D eigenvalue weighted by atomic mass is 10.2. The van der Waals surface area contributed by atoms with Crippen LogP contribution in [0.5, 0.6) is 0 Å². The van der Waals surface area contributed by atoms with Crippen LogP contribution in [0.2, 0.25) is 0 Å². The second-order valence-corrected chi connectivity index (χ2v) is 7.89. The maximum atomic E-state index is 11.9. The molecule has 0 aliphatic heterocycles. The van der Waals surface area contributed by atoms with Gasteiger partial charge in [0.1, 0.15) is 6.04 Å². The highest BCUT2D eigenvalue weighted by molar-refractivity contribution is 5.76. The van der Waals surface area contributed by atoms with E-state index in [9.17, 15) is 39.3 Å². The van der Waals surface area contributed by atoms with E-state index in [4.69, 9.17) is 14.9 Å². The Balaban J connectivity index is 2.85. The van der Waals surface area contributed by atoms with Gasteiger partial charge in [0.15, 0.2) is 0 Å².